The molecule has 0 saturated heterocycles. The number of carbonyl (C=O) groups excluding carboxylic acids is 2. The van der Waals surface area contributed by atoms with Gasteiger partial charge in [0.25, 0.3) is 6.47 Å². The predicted octanol–water partition coefficient (Wildman–Crippen LogP) is 2.25. The first kappa shape index (κ1) is 15.1. The highest BCUT2D eigenvalue weighted by Gasteiger charge is 2.26. The average Bonchev–Trinajstić information content (AvgIpc) is 2.90. The third-order valence-corrected chi connectivity index (χ3v) is 3.37. The topological polar surface area (TPSA) is 64.6 Å². The molecule has 1 aliphatic rings. The maximum absolute atomic E-state index is 11.7. The maximum atomic E-state index is 11.7. The predicted molar refractivity (Wildman–Crippen MR) is 79.0 cm³/mol. The van der Waals surface area contributed by atoms with Gasteiger partial charge in [0.05, 0.1) is 17.9 Å². The number of hydrogen-bond acceptors (Lipinski definition) is 5. The molecular formula is C16H19NO4. The molecule has 0 aliphatic carbocycles. The van der Waals surface area contributed by atoms with E-state index < -0.39 is 6.04 Å². The van der Waals surface area contributed by atoms with Crippen molar-refractivity contribution in [3.63, 3.8) is 0 Å². The summed E-state index contributed by atoms with van der Waals surface area (Å²) in [4.78, 5) is 22.1. The second kappa shape index (κ2) is 6.92. The smallest absolute Gasteiger partial charge is 0.293 e. The van der Waals surface area contributed by atoms with E-state index >= 15 is 0 Å². The molecule has 1 aromatic rings. The normalized spacial score (nSPS) is 15.4. The molecule has 1 atom stereocenters. The number of ether oxygens (including phenoxy) is 2. The van der Waals surface area contributed by atoms with E-state index in [1.807, 2.05) is 24.3 Å². The summed E-state index contributed by atoms with van der Waals surface area (Å²) in [5, 5.41) is 3.20. The number of carbonyl (C=O) groups is 2. The summed E-state index contributed by atoms with van der Waals surface area (Å²) in [6.45, 7) is 4.75. The van der Waals surface area contributed by atoms with Gasteiger partial charge >= 0.3 is 0 Å². The van der Waals surface area contributed by atoms with Crippen LogP contribution < -0.4 is 5.32 Å². The fraction of sp³-hybridized carbons (Fsp3) is 0.375. The number of rotatable bonds is 7. The highest BCUT2D eigenvalue weighted by Crippen LogP contribution is 2.20. The van der Waals surface area contributed by atoms with Gasteiger partial charge in [0, 0.05) is 5.69 Å². The van der Waals surface area contributed by atoms with E-state index in [0.717, 1.165) is 5.69 Å². The summed E-state index contributed by atoms with van der Waals surface area (Å²) in [6.07, 6.45) is 1.43. The third-order valence-electron chi connectivity index (χ3n) is 3.37. The van der Waals surface area contributed by atoms with Gasteiger partial charge in [-0.25, -0.2) is 0 Å². The van der Waals surface area contributed by atoms with Crippen LogP contribution in [0.1, 0.15) is 25.3 Å². The van der Waals surface area contributed by atoms with E-state index in [9.17, 15) is 9.59 Å². The molecule has 1 heterocycles. The average molecular weight is 289 g/mol. The molecule has 112 valence electrons. The van der Waals surface area contributed by atoms with Crippen LogP contribution in [-0.4, -0.2) is 31.5 Å². The van der Waals surface area contributed by atoms with E-state index in [4.69, 9.17) is 9.47 Å². The van der Waals surface area contributed by atoms with E-state index in [2.05, 4.69) is 19.2 Å². The van der Waals surface area contributed by atoms with Crippen molar-refractivity contribution in [2.24, 2.45) is 0 Å². The van der Waals surface area contributed by atoms with E-state index in [-0.39, 0.29) is 19.0 Å². The van der Waals surface area contributed by atoms with Crippen LogP contribution in [0.15, 0.2) is 36.1 Å². The zero-order chi connectivity index (χ0) is 15.2. The fourth-order valence-corrected chi connectivity index (χ4v) is 2.14. The molecule has 1 unspecified atom stereocenters. The summed E-state index contributed by atoms with van der Waals surface area (Å²) in [5.74, 6) is 0.363. The highest BCUT2D eigenvalue weighted by atomic mass is 16.5. The van der Waals surface area contributed by atoms with Crippen LogP contribution in [0.4, 0.5) is 5.69 Å². The van der Waals surface area contributed by atoms with Crippen LogP contribution in [0.25, 0.3) is 0 Å². The number of benzene rings is 1. The Kier molecular flexibility index (Phi) is 4.98. The number of nitrogens with one attached hydrogen (secondary N) is 1. The summed E-state index contributed by atoms with van der Waals surface area (Å²) in [7, 11) is 0. The van der Waals surface area contributed by atoms with Crippen molar-refractivity contribution >= 4 is 17.9 Å². The van der Waals surface area contributed by atoms with Crippen molar-refractivity contribution in [1.29, 1.82) is 0 Å². The van der Waals surface area contributed by atoms with Gasteiger partial charge in [-0.3, -0.25) is 9.59 Å². The van der Waals surface area contributed by atoms with Crippen LogP contribution >= 0.6 is 0 Å². The Labute approximate surface area is 123 Å². The first-order chi connectivity index (χ1) is 10.1. The molecule has 1 N–H and O–H groups in total. The lowest BCUT2D eigenvalue weighted by Gasteiger charge is -2.19. The van der Waals surface area contributed by atoms with Gasteiger partial charge in [0.2, 0.25) is 5.78 Å². The van der Waals surface area contributed by atoms with Crippen LogP contribution in [0.5, 0.6) is 0 Å². The molecular weight excluding hydrogens is 270 g/mol. The van der Waals surface area contributed by atoms with Gasteiger partial charge in [0.1, 0.15) is 6.61 Å². The second-order valence-corrected chi connectivity index (χ2v) is 5.21. The van der Waals surface area contributed by atoms with Gasteiger partial charge in [-0.1, -0.05) is 26.0 Å². The van der Waals surface area contributed by atoms with Crippen molar-refractivity contribution in [2.45, 2.75) is 25.8 Å². The Morgan fingerprint density at radius 1 is 1.33 bits per heavy atom. The van der Waals surface area contributed by atoms with Crippen molar-refractivity contribution < 1.29 is 19.1 Å². The molecule has 5 nitrogen and oxygen atoms in total. The molecule has 2 rings (SSSR count). The minimum absolute atomic E-state index is 0.0425. The minimum atomic E-state index is -0.407. The van der Waals surface area contributed by atoms with Gasteiger partial charge in [-0.05, 0) is 23.6 Å². The molecule has 0 saturated carbocycles. The van der Waals surface area contributed by atoms with Crippen molar-refractivity contribution in [1.82, 2.24) is 0 Å². The second-order valence-electron chi connectivity index (χ2n) is 5.21. The molecule has 0 radical (unpaired) electrons. The molecule has 0 spiro atoms. The van der Waals surface area contributed by atoms with E-state index in [1.54, 1.807) is 0 Å². The summed E-state index contributed by atoms with van der Waals surface area (Å²) in [6, 6.07) is 7.56. The van der Waals surface area contributed by atoms with Crippen molar-refractivity contribution in [3.8, 4) is 0 Å². The van der Waals surface area contributed by atoms with Crippen LogP contribution in [0.3, 0.4) is 0 Å². The number of ketones is 1. The Bertz CT molecular complexity index is 534. The van der Waals surface area contributed by atoms with E-state index in [0.29, 0.717) is 18.0 Å². The summed E-state index contributed by atoms with van der Waals surface area (Å²) < 4.78 is 9.82. The minimum Gasteiger partial charge on any atom is -0.493 e. The molecule has 0 bridgehead atoms. The summed E-state index contributed by atoms with van der Waals surface area (Å²) >= 11 is 0. The standard InChI is InChI=1S/C16H19NO4/c1-11(2)12-3-5-13(6-4-12)17-15(8-21-10-18)14-7-20-9-16(14)19/h3-7,10-11,15,17H,8-9H2,1-2H3. The SMILES string of the molecule is CC(C)c1ccc(NC(COC=O)C2=COCC2=O)cc1. The third kappa shape index (κ3) is 3.84. The van der Waals surface area contributed by atoms with Crippen molar-refractivity contribution in [2.75, 3.05) is 18.5 Å². The van der Waals surface area contributed by atoms with Crippen molar-refractivity contribution in [3.05, 3.63) is 41.7 Å². The molecule has 1 aromatic carbocycles. The maximum Gasteiger partial charge on any atom is 0.293 e. The molecule has 0 fully saturated rings. The molecule has 5 heteroatoms. The van der Waals surface area contributed by atoms with Crippen LogP contribution in [0, 0.1) is 0 Å². The fourth-order valence-electron chi connectivity index (χ4n) is 2.14. The molecule has 21 heavy (non-hydrogen) atoms. The molecule has 0 aromatic heterocycles. The highest BCUT2D eigenvalue weighted by molar-refractivity contribution is 5.99. The van der Waals surface area contributed by atoms with Gasteiger partial charge in [-0.15, -0.1) is 0 Å². The van der Waals surface area contributed by atoms with Crippen LogP contribution in [-0.2, 0) is 19.1 Å². The molecule has 1 aliphatic heterocycles. The monoisotopic (exact) mass is 289 g/mol. The lowest BCUT2D eigenvalue weighted by Crippen LogP contribution is -2.30. The first-order valence-corrected chi connectivity index (χ1v) is 6.88. The first-order valence-electron chi connectivity index (χ1n) is 6.88. The Balaban J connectivity index is 2.10. The number of hydrogen-bond donors (Lipinski definition) is 1. The Morgan fingerprint density at radius 3 is 2.57 bits per heavy atom. The van der Waals surface area contributed by atoms with Gasteiger partial charge in [0.15, 0.2) is 6.61 Å². The quantitative estimate of drug-likeness (QED) is 0.780. The van der Waals surface area contributed by atoms with Crippen LogP contribution in [0.2, 0.25) is 0 Å². The molecule has 0 amide bonds. The van der Waals surface area contributed by atoms with Gasteiger partial charge in [-0.2, -0.15) is 0 Å². The number of Topliss-reactive ketones (excluding diaryl/α,β-unsaturated/α-hetero) is 1. The zero-order valence-electron chi connectivity index (χ0n) is 12.2. The Morgan fingerprint density at radius 2 is 2.05 bits per heavy atom. The summed E-state index contributed by atoms with van der Waals surface area (Å²) in [5.41, 5.74) is 2.59. The van der Waals surface area contributed by atoms with Gasteiger partial charge < -0.3 is 14.8 Å². The Hall–Kier alpha value is -2.30. The zero-order valence-corrected chi connectivity index (χ0v) is 12.2. The lowest BCUT2D eigenvalue weighted by molar-refractivity contribution is -0.129. The lowest BCUT2D eigenvalue weighted by atomic mass is 10.0. The van der Waals surface area contributed by atoms with E-state index in [1.165, 1.54) is 11.8 Å². The number of anilines is 1. The largest absolute Gasteiger partial charge is 0.493 e.